The zero-order valence-corrected chi connectivity index (χ0v) is 30.6. The summed E-state index contributed by atoms with van der Waals surface area (Å²) in [6, 6.07) is 3.94. The number of Topliss-reactive ketones (excluding diaryl/α,β-unsaturated/α-hetero) is 1. The highest BCUT2D eigenvalue weighted by Gasteiger charge is 2.53. The number of ketones is 1. The molecule has 298 valence electrons. The van der Waals surface area contributed by atoms with Gasteiger partial charge in [-0.2, -0.15) is 30.7 Å². The molecule has 1 fully saturated rings. The molecule has 1 aliphatic rings. The lowest BCUT2D eigenvalue weighted by Crippen LogP contribution is -2.60. The molecule has 1 saturated heterocycles. The monoisotopic (exact) mass is 816 g/mol. The van der Waals surface area contributed by atoms with Gasteiger partial charge in [-0.15, -0.1) is 0 Å². The summed E-state index contributed by atoms with van der Waals surface area (Å²) in [5.74, 6) is -20.3. The highest BCUT2D eigenvalue weighted by Crippen LogP contribution is 2.32. The van der Waals surface area contributed by atoms with Gasteiger partial charge < -0.3 is 25.6 Å². The molecule has 0 radical (unpaired) electrons. The SMILES string of the molecule is COc1ccc(CS(=O)(=O)[C@@H]2C[C@@H](C(=O)NC(C(=O)C(F)(F)C(=O)NCC(F)(F)F)C(C)C)N(C(=O)C(C)NC(=O)C(F)(F)c3cccc(Cl)c3)C2)cc1. The average molecular weight is 817 g/mol. The topological polar surface area (TPSA) is 168 Å². The van der Waals surface area contributed by atoms with Crippen LogP contribution in [0.1, 0.15) is 38.3 Å². The van der Waals surface area contributed by atoms with Gasteiger partial charge in [-0.05, 0) is 49.1 Å². The second-order valence-corrected chi connectivity index (χ2v) is 15.5. The van der Waals surface area contributed by atoms with E-state index in [2.05, 4.69) is 0 Å². The van der Waals surface area contributed by atoms with E-state index in [9.17, 15) is 54.3 Å². The fourth-order valence-electron chi connectivity index (χ4n) is 5.42. The van der Waals surface area contributed by atoms with Crippen molar-refractivity contribution in [2.75, 3.05) is 20.2 Å². The first-order valence-electron chi connectivity index (χ1n) is 16.0. The number of ether oxygens (including phenoxy) is 1. The molecular formula is C33H36ClF7N4O8S. The van der Waals surface area contributed by atoms with Crippen molar-refractivity contribution in [1.29, 1.82) is 0 Å². The summed E-state index contributed by atoms with van der Waals surface area (Å²) in [7, 11) is -2.88. The molecule has 0 aliphatic carbocycles. The van der Waals surface area contributed by atoms with Gasteiger partial charge in [0.2, 0.25) is 17.6 Å². The minimum Gasteiger partial charge on any atom is -0.497 e. The van der Waals surface area contributed by atoms with Crippen LogP contribution in [-0.4, -0.2) is 98.4 Å². The third-order valence-electron chi connectivity index (χ3n) is 8.36. The number of hydrogen-bond donors (Lipinski definition) is 3. The van der Waals surface area contributed by atoms with E-state index in [-0.39, 0.29) is 10.6 Å². The van der Waals surface area contributed by atoms with E-state index in [1.165, 1.54) is 37.4 Å². The van der Waals surface area contributed by atoms with E-state index >= 15 is 8.78 Å². The van der Waals surface area contributed by atoms with Crippen LogP contribution in [-0.2, 0) is 45.5 Å². The Labute approximate surface area is 310 Å². The summed E-state index contributed by atoms with van der Waals surface area (Å²) >= 11 is 5.76. The Morgan fingerprint density at radius 2 is 1.54 bits per heavy atom. The fraction of sp³-hybridized carbons (Fsp3) is 0.485. The predicted molar refractivity (Wildman–Crippen MR) is 178 cm³/mol. The Bertz CT molecular complexity index is 1850. The summed E-state index contributed by atoms with van der Waals surface area (Å²) in [6.45, 7) is 0.298. The molecule has 4 atom stereocenters. The van der Waals surface area contributed by atoms with Crippen LogP contribution in [0.5, 0.6) is 5.75 Å². The Morgan fingerprint density at radius 3 is 2.07 bits per heavy atom. The number of methoxy groups -OCH3 is 1. The molecule has 4 amide bonds. The molecule has 3 N–H and O–H groups in total. The fourth-order valence-corrected chi connectivity index (χ4v) is 7.36. The van der Waals surface area contributed by atoms with Gasteiger partial charge in [0.05, 0.1) is 24.2 Å². The second-order valence-electron chi connectivity index (χ2n) is 12.8. The number of amides is 4. The Kier molecular flexibility index (Phi) is 13.8. The van der Waals surface area contributed by atoms with Crippen LogP contribution >= 0.6 is 11.6 Å². The molecule has 2 aromatic carbocycles. The maximum Gasteiger partial charge on any atom is 0.405 e. The number of carbonyl (C=O) groups excluding carboxylic acids is 5. The number of nitrogens with one attached hydrogen (secondary N) is 3. The standard InChI is InChI=1S/C33H36ClF7N4O8S/c1-17(2)25(26(46)33(40,41)29(49)42-16-31(35,36)37)44-27(47)24-13-23(54(51,52)15-19-8-10-22(53-4)11-9-19)14-45(24)28(48)18(3)43-30(50)32(38,39)20-6-5-7-21(34)12-20/h5-12,17-18,23-25H,13-16H2,1-4H3,(H,42,49)(H,43,50)(H,44,47)/t18?,23-,24+,25?/m1/s1. The van der Waals surface area contributed by atoms with Gasteiger partial charge in [0.15, 0.2) is 9.84 Å². The molecule has 0 bridgehead atoms. The zero-order chi connectivity index (χ0) is 41.0. The number of benzene rings is 2. The predicted octanol–water partition coefficient (Wildman–Crippen LogP) is 3.55. The van der Waals surface area contributed by atoms with Gasteiger partial charge >= 0.3 is 18.0 Å². The van der Waals surface area contributed by atoms with E-state index in [1.807, 2.05) is 10.6 Å². The summed E-state index contributed by atoms with van der Waals surface area (Å²) in [5.41, 5.74) is -0.564. The van der Waals surface area contributed by atoms with E-state index in [4.69, 9.17) is 16.3 Å². The first-order valence-corrected chi connectivity index (χ1v) is 18.1. The number of carbonyl (C=O) groups is 5. The van der Waals surface area contributed by atoms with E-state index < -0.39 is 117 Å². The van der Waals surface area contributed by atoms with E-state index in [0.29, 0.717) is 10.6 Å². The first-order chi connectivity index (χ1) is 24.8. The summed E-state index contributed by atoms with van der Waals surface area (Å²) in [6.07, 6.45) is -5.80. The van der Waals surface area contributed by atoms with Crippen molar-refractivity contribution in [3.8, 4) is 5.75 Å². The lowest BCUT2D eigenvalue weighted by molar-refractivity contribution is -0.165. The summed E-state index contributed by atoms with van der Waals surface area (Å²) in [4.78, 5) is 65.4. The maximum absolute atomic E-state index is 15.0. The lowest BCUT2D eigenvalue weighted by Gasteiger charge is -2.30. The lowest BCUT2D eigenvalue weighted by atomic mass is 9.94. The number of alkyl halides is 7. The molecule has 21 heteroatoms. The van der Waals surface area contributed by atoms with Gasteiger partial charge in [0, 0.05) is 17.1 Å². The normalized spacial score (nSPS) is 17.8. The molecule has 1 heterocycles. The van der Waals surface area contributed by atoms with Crippen LogP contribution in [0.4, 0.5) is 30.7 Å². The van der Waals surface area contributed by atoms with Gasteiger partial charge in [-0.3, -0.25) is 24.0 Å². The van der Waals surface area contributed by atoms with Crippen molar-refractivity contribution < 1.29 is 67.9 Å². The Morgan fingerprint density at radius 1 is 0.926 bits per heavy atom. The van der Waals surface area contributed by atoms with Gasteiger partial charge in [0.25, 0.3) is 11.8 Å². The first kappa shape index (κ1) is 43.9. The quantitative estimate of drug-likeness (QED) is 0.181. The van der Waals surface area contributed by atoms with Crippen LogP contribution < -0.4 is 20.7 Å². The molecule has 2 unspecified atom stereocenters. The molecule has 0 aromatic heterocycles. The minimum absolute atomic E-state index is 0.130. The van der Waals surface area contributed by atoms with Crippen LogP contribution in [0.15, 0.2) is 48.5 Å². The number of sulfone groups is 1. The van der Waals surface area contributed by atoms with Crippen molar-refractivity contribution in [2.45, 2.75) is 74.3 Å². The van der Waals surface area contributed by atoms with E-state index in [1.54, 1.807) is 0 Å². The third kappa shape index (κ3) is 10.6. The van der Waals surface area contributed by atoms with Crippen molar-refractivity contribution in [2.24, 2.45) is 5.92 Å². The molecular weight excluding hydrogens is 781 g/mol. The van der Waals surface area contributed by atoms with Gasteiger partial charge in [0.1, 0.15) is 24.4 Å². The van der Waals surface area contributed by atoms with Crippen molar-refractivity contribution in [3.63, 3.8) is 0 Å². The number of halogens is 8. The number of likely N-dealkylation sites (tertiary alicyclic amines) is 1. The van der Waals surface area contributed by atoms with Crippen LogP contribution in [0.25, 0.3) is 0 Å². The van der Waals surface area contributed by atoms with Crippen molar-refractivity contribution in [1.82, 2.24) is 20.9 Å². The van der Waals surface area contributed by atoms with Crippen LogP contribution in [0, 0.1) is 5.92 Å². The number of hydrogen-bond acceptors (Lipinski definition) is 8. The summed E-state index contributed by atoms with van der Waals surface area (Å²) in [5, 5.41) is 3.01. The molecule has 54 heavy (non-hydrogen) atoms. The van der Waals surface area contributed by atoms with E-state index in [0.717, 1.165) is 44.3 Å². The Hall–Kier alpha value is -4.46. The van der Waals surface area contributed by atoms with Crippen molar-refractivity contribution in [3.05, 3.63) is 64.7 Å². The maximum atomic E-state index is 15.0. The molecule has 2 aromatic rings. The zero-order valence-electron chi connectivity index (χ0n) is 29.0. The second kappa shape index (κ2) is 16.9. The number of nitrogens with zero attached hydrogens (tertiary/aromatic N) is 1. The number of rotatable bonds is 15. The highest BCUT2D eigenvalue weighted by molar-refractivity contribution is 7.91. The molecule has 0 spiro atoms. The molecule has 12 nitrogen and oxygen atoms in total. The smallest absolute Gasteiger partial charge is 0.405 e. The largest absolute Gasteiger partial charge is 0.497 e. The Balaban J connectivity index is 1.92. The molecule has 3 rings (SSSR count). The minimum atomic E-state index is -5.11. The van der Waals surface area contributed by atoms with Crippen LogP contribution in [0.3, 0.4) is 0 Å². The molecule has 1 aliphatic heterocycles. The van der Waals surface area contributed by atoms with Gasteiger partial charge in [-0.1, -0.05) is 49.7 Å². The van der Waals surface area contributed by atoms with Crippen molar-refractivity contribution >= 4 is 50.9 Å². The van der Waals surface area contributed by atoms with Crippen LogP contribution in [0.2, 0.25) is 5.02 Å². The molecule has 0 saturated carbocycles. The third-order valence-corrected chi connectivity index (χ3v) is 10.7. The van der Waals surface area contributed by atoms with Gasteiger partial charge in [-0.25, -0.2) is 8.42 Å². The summed E-state index contributed by atoms with van der Waals surface area (Å²) < 4.78 is 130. The highest BCUT2D eigenvalue weighted by atomic mass is 35.5. The average Bonchev–Trinajstić information content (AvgIpc) is 3.55.